The van der Waals surface area contributed by atoms with Gasteiger partial charge in [-0.15, -0.1) is 0 Å². The smallest absolute Gasteiger partial charge is 0.338 e. The van der Waals surface area contributed by atoms with Crippen molar-refractivity contribution in [2.24, 2.45) is 5.73 Å². The van der Waals surface area contributed by atoms with E-state index >= 15 is 4.39 Å². The average molecular weight is 616 g/mol. The van der Waals surface area contributed by atoms with Gasteiger partial charge in [-0.3, -0.25) is 9.69 Å². The Morgan fingerprint density at radius 1 is 1.13 bits per heavy atom. The second kappa shape index (κ2) is 11.9. The number of rotatable bonds is 8. The molecule has 2 N–H and O–H groups in total. The number of piperidine rings is 1. The minimum Gasteiger partial charge on any atom is -0.338 e. The lowest BCUT2D eigenvalue weighted by Gasteiger charge is -2.38. The van der Waals surface area contributed by atoms with Crippen LogP contribution in [0.15, 0.2) is 36.4 Å². The van der Waals surface area contributed by atoms with Crippen molar-refractivity contribution in [1.82, 2.24) is 9.80 Å². The number of nitrogens with zero attached hydrogens (tertiary/aromatic N) is 2. The summed E-state index contributed by atoms with van der Waals surface area (Å²) in [6.07, 6.45) is -4.38. The predicted octanol–water partition coefficient (Wildman–Crippen LogP) is 5.16. The number of likely N-dealkylation sites (N-methyl/N-ethyl adjacent to an activating group) is 1. The lowest BCUT2D eigenvalue weighted by molar-refractivity contribution is -0.145. The molecule has 2 aromatic rings. The van der Waals surface area contributed by atoms with Crippen molar-refractivity contribution >= 4 is 38.9 Å². The van der Waals surface area contributed by atoms with Crippen LogP contribution in [0.1, 0.15) is 36.0 Å². The topological polar surface area (TPSA) is 83.7 Å². The summed E-state index contributed by atoms with van der Waals surface area (Å²) >= 11 is 12.1. The molecule has 0 aromatic heterocycles. The molecule has 1 aliphatic heterocycles. The van der Waals surface area contributed by atoms with Crippen LogP contribution in [-0.4, -0.2) is 61.9 Å². The van der Waals surface area contributed by atoms with Crippen LogP contribution in [0.25, 0.3) is 0 Å². The second-order valence-electron chi connectivity index (χ2n) is 9.73. The molecule has 1 heterocycles. The van der Waals surface area contributed by atoms with Crippen LogP contribution in [0.2, 0.25) is 10.0 Å². The Kier molecular flexibility index (Phi) is 9.59. The number of amides is 1. The predicted molar refractivity (Wildman–Crippen MR) is 139 cm³/mol. The Labute approximate surface area is 233 Å². The molecule has 39 heavy (non-hydrogen) atoms. The number of benzene rings is 2. The van der Waals surface area contributed by atoms with Gasteiger partial charge < -0.3 is 10.6 Å². The highest BCUT2D eigenvalue weighted by Crippen LogP contribution is 2.37. The first-order valence-electron chi connectivity index (χ1n) is 11.9. The Balaban J connectivity index is 1.84. The number of sulfone groups is 1. The third-order valence-corrected chi connectivity index (χ3v) is 9.26. The van der Waals surface area contributed by atoms with E-state index in [-0.39, 0.29) is 47.2 Å². The summed E-state index contributed by atoms with van der Waals surface area (Å²) in [5.41, 5.74) is 1.97. The molecule has 1 fully saturated rings. The molecule has 1 amide bonds. The van der Waals surface area contributed by atoms with E-state index in [2.05, 4.69) is 0 Å². The van der Waals surface area contributed by atoms with E-state index in [9.17, 15) is 30.8 Å². The van der Waals surface area contributed by atoms with Gasteiger partial charge >= 0.3 is 6.18 Å². The van der Waals surface area contributed by atoms with Gasteiger partial charge in [-0.2, -0.15) is 13.2 Å². The van der Waals surface area contributed by atoms with Crippen LogP contribution in [0.4, 0.5) is 22.0 Å². The minimum atomic E-state index is -4.89. The number of hydrogen-bond acceptors (Lipinski definition) is 5. The van der Waals surface area contributed by atoms with Gasteiger partial charge in [-0.25, -0.2) is 17.2 Å². The van der Waals surface area contributed by atoms with Crippen molar-refractivity contribution in [2.45, 2.75) is 49.1 Å². The van der Waals surface area contributed by atoms with Crippen molar-refractivity contribution < 1.29 is 35.2 Å². The molecule has 3 atom stereocenters. The molecule has 0 spiro atoms. The molecule has 1 saturated heterocycles. The maximum absolute atomic E-state index is 16.8. The van der Waals surface area contributed by atoms with Gasteiger partial charge in [0.1, 0.15) is 15.7 Å². The normalized spacial score (nSPS) is 20.5. The van der Waals surface area contributed by atoms with Crippen LogP contribution in [0.5, 0.6) is 0 Å². The summed E-state index contributed by atoms with van der Waals surface area (Å²) in [5, 5.41) is -0.485. The zero-order valence-electron chi connectivity index (χ0n) is 21.1. The number of carbonyl (C=O) groups excluding carboxylic acids is 1. The summed E-state index contributed by atoms with van der Waals surface area (Å²) in [6, 6.07) is 6.06. The van der Waals surface area contributed by atoms with Crippen molar-refractivity contribution in [3.63, 3.8) is 0 Å². The Morgan fingerprint density at radius 2 is 1.79 bits per heavy atom. The van der Waals surface area contributed by atoms with Gasteiger partial charge in [0.15, 0.2) is 0 Å². The summed E-state index contributed by atoms with van der Waals surface area (Å²) in [4.78, 5) is 16.1. The van der Waals surface area contributed by atoms with Crippen LogP contribution >= 0.6 is 23.2 Å². The fourth-order valence-electron chi connectivity index (χ4n) is 4.63. The van der Waals surface area contributed by atoms with Crippen molar-refractivity contribution in [1.29, 1.82) is 0 Å². The molecule has 1 aliphatic rings. The number of carbonyl (C=O) groups is 1. The molecule has 0 saturated carbocycles. The summed E-state index contributed by atoms with van der Waals surface area (Å²) in [6.45, 7) is -0.117. The first kappa shape index (κ1) is 31.5. The maximum atomic E-state index is 16.8. The molecule has 6 nitrogen and oxygen atoms in total. The molecule has 0 bridgehead atoms. The Hall–Kier alpha value is -1.99. The van der Waals surface area contributed by atoms with E-state index < -0.39 is 56.8 Å². The highest BCUT2D eigenvalue weighted by Gasteiger charge is 2.44. The van der Waals surface area contributed by atoms with Crippen LogP contribution < -0.4 is 5.73 Å². The van der Waals surface area contributed by atoms with E-state index in [1.807, 2.05) is 0 Å². The van der Waals surface area contributed by atoms with Crippen molar-refractivity contribution in [3.05, 3.63) is 69.0 Å². The highest BCUT2D eigenvalue weighted by atomic mass is 35.5. The standard InChI is InChI=1S/C25H28Cl2F5N3O3S/c1-34(14-15-3-5-18(21(28)11-15)25(30,31)32)23(36)24(29,16-4-6-19(26)20(27)12-16)8-10-35-9-7-17(13-22(35)33)39(2,37)38/h3-6,11-12,17,22H,7-10,13-14,33H2,1-2H3. The quantitative estimate of drug-likeness (QED) is 0.415. The Morgan fingerprint density at radius 3 is 2.33 bits per heavy atom. The van der Waals surface area contributed by atoms with E-state index in [1.165, 1.54) is 25.2 Å². The monoisotopic (exact) mass is 615 g/mol. The third-order valence-electron chi connectivity index (χ3n) is 6.88. The number of likely N-dealkylation sites (tertiary alicyclic amines) is 1. The van der Waals surface area contributed by atoms with Crippen LogP contribution in [-0.2, 0) is 33.0 Å². The van der Waals surface area contributed by atoms with Gasteiger partial charge in [-0.1, -0.05) is 35.3 Å². The van der Waals surface area contributed by atoms with Gasteiger partial charge in [0.25, 0.3) is 5.91 Å². The number of alkyl halides is 4. The third kappa shape index (κ3) is 7.40. The molecule has 3 rings (SSSR count). The van der Waals surface area contributed by atoms with Crippen LogP contribution in [0.3, 0.4) is 0 Å². The first-order valence-corrected chi connectivity index (χ1v) is 14.6. The zero-order chi connectivity index (χ0) is 29.3. The molecular weight excluding hydrogens is 588 g/mol. The van der Waals surface area contributed by atoms with Gasteiger partial charge in [0, 0.05) is 44.9 Å². The Bertz CT molecular complexity index is 1330. The fourth-order valence-corrected chi connectivity index (χ4v) is 6.01. The molecule has 14 heteroatoms. The lowest BCUT2D eigenvalue weighted by atomic mass is 9.89. The zero-order valence-corrected chi connectivity index (χ0v) is 23.4. The number of hydrogen-bond donors (Lipinski definition) is 1. The van der Waals surface area contributed by atoms with Crippen molar-refractivity contribution in [2.75, 3.05) is 26.4 Å². The second-order valence-corrected chi connectivity index (χ2v) is 12.9. The van der Waals surface area contributed by atoms with Gasteiger partial charge in [0.2, 0.25) is 5.67 Å². The first-order chi connectivity index (χ1) is 17.9. The number of halogens is 7. The summed E-state index contributed by atoms with van der Waals surface area (Å²) < 4.78 is 93.4. The van der Waals surface area contributed by atoms with Crippen molar-refractivity contribution in [3.8, 4) is 0 Å². The minimum absolute atomic E-state index is 0.00197. The van der Waals surface area contributed by atoms with Gasteiger partial charge in [-0.05, 0) is 42.7 Å². The van der Waals surface area contributed by atoms with E-state index in [1.54, 1.807) is 4.90 Å². The van der Waals surface area contributed by atoms with Crippen LogP contribution in [0, 0.1) is 5.82 Å². The summed E-state index contributed by atoms with van der Waals surface area (Å²) in [7, 11) is -2.06. The van der Waals surface area contributed by atoms with E-state index in [0.717, 1.165) is 17.2 Å². The number of nitrogens with two attached hydrogens (primary N) is 1. The molecule has 0 radical (unpaired) electrons. The molecular formula is C25H28Cl2F5N3O3S. The summed E-state index contributed by atoms with van der Waals surface area (Å²) in [5.74, 6) is -2.55. The fraction of sp³-hybridized carbons (Fsp3) is 0.480. The highest BCUT2D eigenvalue weighted by molar-refractivity contribution is 7.91. The molecule has 3 unspecified atom stereocenters. The molecule has 216 valence electrons. The molecule has 2 aromatic carbocycles. The SMILES string of the molecule is CN(Cc1ccc(C(F)(F)F)c(F)c1)C(=O)C(F)(CCN1CCC(S(C)(=O)=O)CC1N)c1ccc(Cl)c(Cl)c1. The van der Waals surface area contributed by atoms with E-state index in [0.29, 0.717) is 18.6 Å². The molecule has 0 aliphatic carbocycles. The lowest BCUT2D eigenvalue weighted by Crippen LogP contribution is -2.52. The van der Waals surface area contributed by atoms with E-state index in [4.69, 9.17) is 28.9 Å². The largest absolute Gasteiger partial charge is 0.419 e. The van der Waals surface area contributed by atoms with Gasteiger partial charge in [0.05, 0.1) is 27.0 Å². The average Bonchev–Trinajstić information content (AvgIpc) is 2.82. The maximum Gasteiger partial charge on any atom is 0.419 e.